The SMILES string of the molecule is Cc1cc(C=O)c(O)c([C@@H](N)Cc2ccncc2)c1. The van der Waals surface area contributed by atoms with Crippen LogP contribution in [0.15, 0.2) is 36.7 Å². The Balaban J connectivity index is 2.31. The zero-order chi connectivity index (χ0) is 13.8. The van der Waals surface area contributed by atoms with Crippen LogP contribution in [-0.4, -0.2) is 16.4 Å². The zero-order valence-electron chi connectivity index (χ0n) is 10.7. The summed E-state index contributed by atoms with van der Waals surface area (Å²) in [7, 11) is 0. The highest BCUT2D eigenvalue weighted by Crippen LogP contribution is 2.29. The second-order valence-electron chi connectivity index (χ2n) is 4.58. The maximum atomic E-state index is 10.9. The Hall–Kier alpha value is -2.20. The highest BCUT2D eigenvalue weighted by atomic mass is 16.3. The third kappa shape index (κ3) is 2.98. The van der Waals surface area contributed by atoms with Gasteiger partial charge in [-0.05, 0) is 42.7 Å². The van der Waals surface area contributed by atoms with Crippen molar-refractivity contribution >= 4 is 6.29 Å². The molecule has 0 spiro atoms. The number of hydrogen-bond acceptors (Lipinski definition) is 4. The van der Waals surface area contributed by atoms with E-state index >= 15 is 0 Å². The van der Waals surface area contributed by atoms with Gasteiger partial charge in [0.1, 0.15) is 5.75 Å². The average molecular weight is 256 g/mol. The summed E-state index contributed by atoms with van der Waals surface area (Å²) in [5.41, 5.74) is 8.94. The maximum absolute atomic E-state index is 10.9. The number of aromatic hydroxyl groups is 1. The van der Waals surface area contributed by atoms with Gasteiger partial charge in [0.15, 0.2) is 6.29 Å². The van der Waals surface area contributed by atoms with Crippen LogP contribution in [0.3, 0.4) is 0 Å². The predicted octanol–water partition coefficient (Wildman–Crippen LogP) is 2.15. The van der Waals surface area contributed by atoms with Crippen molar-refractivity contribution in [2.75, 3.05) is 0 Å². The van der Waals surface area contributed by atoms with Crippen LogP contribution < -0.4 is 5.73 Å². The lowest BCUT2D eigenvalue weighted by molar-refractivity contribution is 0.112. The van der Waals surface area contributed by atoms with Gasteiger partial charge in [-0.25, -0.2) is 0 Å². The Morgan fingerprint density at radius 1 is 1.37 bits per heavy atom. The molecule has 3 N–H and O–H groups in total. The smallest absolute Gasteiger partial charge is 0.153 e. The molecule has 98 valence electrons. The number of phenols is 1. The number of aromatic nitrogens is 1. The standard InChI is InChI=1S/C15H16N2O2/c1-10-6-12(9-18)15(19)13(7-10)14(16)8-11-2-4-17-5-3-11/h2-7,9,14,19H,8,16H2,1H3/t14-/m0/s1. The van der Waals surface area contributed by atoms with E-state index in [9.17, 15) is 9.90 Å². The Labute approximate surface area is 111 Å². The lowest BCUT2D eigenvalue weighted by atomic mass is 9.96. The van der Waals surface area contributed by atoms with Gasteiger partial charge in [0.2, 0.25) is 0 Å². The van der Waals surface area contributed by atoms with Gasteiger partial charge in [0.05, 0.1) is 5.56 Å². The van der Waals surface area contributed by atoms with Gasteiger partial charge in [-0.15, -0.1) is 0 Å². The van der Waals surface area contributed by atoms with Gasteiger partial charge in [-0.1, -0.05) is 6.07 Å². The quantitative estimate of drug-likeness (QED) is 0.822. The van der Waals surface area contributed by atoms with E-state index in [-0.39, 0.29) is 17.4 Å². The van der Waals surface area contributed by atoms with E-state index in [1.54, 1.807) is 18.5 Å². The van der Waals surface area contributed by atoms with Gasteiger partial charge < -0.3 is 10.8 Å². The Morgan fingerprint density at radius 3 is 2.68 bits per heavy atom. The van der Waals surface area contributed by atoms with E-state index in [1.165, 1.54) is 0 Å². The molecule has 0 saturated heterocycles. The number of nitrogens with zero attached hydrogens (tertiary/aromatic N) is 1. The Bertz CT molecular complexity index is 582. The van der Waals surface area contributed by atoms with Crippen LogP contribution in [0.2, 0.25) is 0 Å². The number of aryl methyl sites for hydroxylation is 1. The molecule has 2 aromatic rings. The van der Waals surface area contributed by atoms with Crippen LogP contribution in [0, 0.1) is 6.92 Å². The first kappa shape index (κ1) is 13.2. The van der Waals surface area contributed by atoms with Crippen LogP contribution in [0.5, 0.6) is 5.75 Å². The number of nitrogens with two attached hydrogens (primary N) is 1. The number of aldehydes is 1. The number of carbonyl (C=O) groups excluding carboxylic acids is 1. The molecule has 0 aliphatic heterocycles. The summed E-state index contributed by atoms with van der Waals surface area (Å²) in [6.45, 7) is 1.87. The number of pyridine rings is 1. The topological polar surface area (TPSA) is 76.2 Å². The molecular formula is C15H16N2O2. The van der Waals surface area contributed by atoms with Crippen molar-refractivity contribution in [3.63, 3.8) is 0 Å². The molecule has 0 unspecified atom stereocenters. The second kappa shape index (κ2) is 5.63. The van der Waals surface area contributed by atoms with Crippen LogP contribution in [0.25, 0.3) is 0 Å². The molecule has 2 rings (SSSR count). The fourth-order valence-corrected chi connectivity index (χ4v) is 2.09. The normalized spacial score (nSPS) is 12.1. The van der Waals surface area contributed by atoms with Crippen molar-refractivity contribution < 1.29 is 9.90 Å². The molecule has 0 bridgehead atoms. The fourth-order valence-electron chi connectivity index (χ4n) is 2.09. The van der Waals surface area contributed by atoms with E-state index in [4.69, 9.17) is 5.73 Å². The van der Waals surface area contributed by atoms with Gasteiger partial charge in [-0.2, -0.15) is 0 Å². The van der Waals surface area contributed by atoms with Crippen molar-refractivity contribution in [3.05, 3.63) is 58.9 Å². The minimum Gasteiger partial charge on any atom is -0.507 e. The minimum absolute atomic E-state index is 0.0258. The molecule has 0 amide bonds. The molecule has 0 fully saturated rings. The summed E-state index contributed by atoms with van der Waals surface area (Å²) < 4.78 is 0. The molecule has 1 heterocycles. The molecule has 0 saturated carbocycles. The largest absolute Gasteiger partial charge is 0.507 e. The van der Waals surface area contributed by atoms with Gasteiger partial charge >= 0.3 is 0 Å². The number of hydrogen-bond donors (Lipinski definition) is 2. The molecule has 0 aliphatic carbocycles. The summed E-state index contributed by atoms with van der Waals surface area (Å²) in [5, 5.41) is 10.0. The highest BCUT2D eigenvalue weighted by Gasteiger charge is 2.15. The van der Waals surface area contributed by atoms with E-state index in [0.717, 1.165) is 11.1 Å². The Kier molecular flexibility index (Phi) is 3.92. The lowest BCUT2D eigenvalue weighted by Gasteiger charge is -2.15. The number of phenolic OH excluding ortho intramolecular Hbond substituents is 1. The lowest BCUT2D eigenvalue weighted by Crippen LogP contribution is -2.14. The van der Waals surface area contributed by atoms with Gasteiger partial charge in [0.25, 0.3) is 0 Å². The van der Waals surface area contributed by atoms with Gasteiger partial charge in [0, 0.05) is 24.0 Å². The van der Waals surface area contributed by atoms with Gasteiger partial charge in [-0.3, -0.25) is 9.78 Å². The molecular weight excluding hydrogens is 240 g/mol. The molecule has 4 nitrogen and oxygen atoms in total. The van der Waals surface area contributed by atoms with Crippen molar-refractivity contribution in [2.24, 2.45) is 5.73 Å². The average Bonchev–Trinajstić information content (AvgIpc) is 2.42. The first-order valence-corrected chi connectivity index (χ1v) is 6.05. The van der Waals surface area contributed by atoms with E-state index in [2.05, 4.69) is 4.98 Å². The summed E-state index contributed by atoms with van der Waals surface area (Å²) in [6, 6.07) is 6.86. The number of benzene rings is 1. The van der Waals surface area contributed by atoms with Crippen LogP contribution in [-0.2, 0) is 6.42 Å². The predicted molar refractivity (Wildman–Crippen MR) is 73.1 cm³/mol. The first-order valence-electron chi connectivity index (χ1n) is 6.05. The van der Waals surface area contributed by atoms with E-state index in [0.29, 0.717) is 18.3 Å². The maximum Gasteiger partial charge on any atom is 0.153 e. The zero-order valence-corrected chi connectivity index (χ0v) is 10.7. The van der Waals surface area contributed by atoms with Crippen LogP contribution in [0.4, 0.5) is 0 Å². The molecule has 4 heteroatoms. The van der Waals surface area contributed by atoms with Crippen LogP contribution >= 0.6 is 0 Å². The van der Waals surface area contributed by atoms with Crippen molar-refractivity contribution in [1.29, 1.82) is 0 Å². The fraction of sp³-hybridized carbons (Fsp3) is 0.200. The number of rotatable bonds is 4. The van der Waals surface area contributed by atoms with Crippen molar-refractivity contribution in [2.45, 2.75) is 19.4 Å². The molecule has 1 atom stereocenters. The molecule has 1 aromatic carbocycles. The minimum atomic E-state index is -0.360. The molecule has 19 heavy (non-hydrogen) atoms. The molecule has 1 aromatic heterocycles. The van der Waals surface area contributed by atoms with Crippen molar-refractivity contribution in [1.82, 2.24) is 4.98 Å². The van der Waals surface area contributed by atoms with Crippen LogP contribution in [0.1, 0.15) is 33.1 Å². The molecule has 0 aliphatic rings. The van der Waals surface area contributed by atoms with E-state index < -0.39 is 0 Å². The number of carbonyl (C=O) groups is 1. The summed E-state index contributed by atoms with van der Waals surface area (Å²) in [5.74, 6) is -0.0258. The first-order chi connectivity index (χ1) is 9.11. The summed E-state index contributed by atoms with van der Waals surface area (Å²) in [6.07, 6.45) is 4.63. The van der Waals surface area contributed by atoms with E-state index in [1.807, 2.05) is 25.1 Å². The van der Waals surface area contributed by atoms with Crippen molar-refractivity contribution in [3.8, 4) is 5.75 Å². The third-order valence-electron chi connectivity index (χ3n) is 3.04. The second-order valence-corrected chi connectivity index (χ2v) is 4.58. The monoisotopic (exact) mass is 256 g/mol. The Morgan fingerprint density at radius 2 is 2.05 bits per heavy atom. The summed E-state index contributed by atoms with van der Waals surface area (Å²) >= 11 is 0. The third-order valence-corrected chi connectivity index (χ3v) is 3.04. The molecule has 0 radical (unpaired) electrons. The highest BCUT2D eigenvalue weighted by molar-refractivity contribution is 5.80. The summed E-state index contributed by atoms with van der Waals surface area (Å²) in [4.78, 5) is 14.9.